The highest BCUT2D eigenvalue weighted by Gasteiger charge is 2.39. The molecule has 0 spiro atoms. The quantitative estimate of drug-likeness (QED) is 0.896. The van der Waals surface area contributed by atoms with Crippen LogP contribution in [0.1, 0.15) is 24.6 Å². The molecule has 0 aliphatic carbocycles. The van der Waals surface area contributed by atoms with Gasteiger partial charge in [0, 0.05) is 21.3 Å². The minimum absolute atomic E-state index is 0.186. The molecule has 0 radical (unpaired) electrons. The second-order valence-electron chi connectivity index (χ2n) is 4.47. The third-order valence-corrected chi connectivity index (χ3v) is 5.14. The minimum atomic E-state index is -0.186. The maximum absolute atomic E-state index is 12.2. The summed E-state index contributed by atoms with van der Waals surface area (Å²) >= 11 is 5.08. The third-order valence-electron chi connectivity index (χ3n) is 3.45. The lowest BCUT2D eigenvalue weighted by molar-refractivity contribution is -0.130. The number of rotatable bonds is 4. The Bertz CT molecular complexity index is 399. The van der Waals surface area contributed by atoms with Crippen LogP contribution in [0.5, 0.6) is 0 Å². The number of halogens is 1. The predicted molar refractivity (Wildman–Crippen MR) is 74.1 cm³/mol. The van der Waals surface area contributed by atoms with Crippen molar-refractivity contribution in [1.29, 1.82) is 0 Å². The van der Waals surface area contributed by atoms with Crippen molar-refractivity contribution in [3.63, 3.8) is 0 Å². The van der Waals surface area contributed by atoms with E-state index in [0.717, 1.165) is 30.4 Å². The summed E-state index contributed by atoms with van der Waals surface area (Å²) in [6.07, 6.45) is 1.85. The smallest absolute Gasteiger partial charge is 0.227 e. The Hall–Kier alpha value is -0.390. The molecule has 1 aromatic rings. The first kappa shape index (κ1) is 13.1. The molecule has 1 aliphatic rings. The number of carbonyl (C=O) groups is 1. The van der Waals surface area contributed by atoms with E-state index in [1.807, 2.05) is 5.38 Å². The fourth-order valence-electron chi connectivity index (χ4n) is 2.20. The van der Waals surface area contributed by atoms with Crippen molar-refractivity contribution < 1.29 is 4.79 Å². The molecule has 1 fully saturated rings. The van der Waals surface area contributed by atoms with Crippen molar-refractivity contribution in [2.45, 2.75) is 26.3 Å². The van der Waals surface area contributed by atoms with Crippen molar-refractivity contribution in [2.75, 3.05) is 13.1 Å². The molecule has 0 bridgehead atoms. The molecule has 0 aromatic carbocycles. The third kappa shape index (κ3) is 2.89. The van der Waals surface area contributed by atoms with Gasteiger partial charge in [-0.05, 0) is 41.4 Å². The fourth-order valence-corrected chi connectivity index (χ4v) is 3.59. The monoisotopic (exact) mass is 316 g/mol. The van der Waals surface area contributed by atoms with Gasteiger partial charge in [0.25, 0.3) is 0 Å². The van der Waals surface area contributed by atoms with E-state index in [2.05, 4.69) is 39.6 Å². The molecule has 17 heavy (non-hydrogen) atoms. The summed E-state index contributed by atoms with van der Waals surface area (Å²) in [6.45, 7) is 4.49. The van der Waals surface area contributed by atoms with Gasteiger partial charge in [0.05, 0.1) is 12.0 Å². The first-order chi connectivity index (χ1) is 8.16. The Morgan fingerprint density at radius 3 is 3.06 bits per heavy atom. The highest BCUT2D eigenvalue weighted by atomic mass is 79.9. The first-order valence-corrected chi connectivity index (χ1v) is 7.55. The SMILES string of the molecule is CCC1(C(=O)NCc2cc(Br)cs2)CCNC1. The first-order valence-electron chi connectivity index (χ1n) is 5.88. The van der Waals surface area contributed by atoms with Crippen LogP contribution in [0.2, 0.25) is 0 Å². The van der Waals surface area contributed by atoms with Crippen molar-refractivity contribution in [3.8, 4) is 0 Å². The molecular weight excluding hydrogens is 300 g/mol. The zero-order chi connectivity index (χ0) is 12.3. The maximum Gasteiger partial charge on any atom is 0.227 e. The van der Waals surface area contributed by atoms with Gasteiger partial charge in [-0.15, -0.1) is 11.3 Å². The highest BCUT2D eigenvalue weighted by Crippen LogP contribution is 2.29. The van der Waals surface area contributed by atoms with Crippen LogP contribution in [-0.2, 0) is 11.3 Å². The second kappa shape index (κ2) is 5.50. The van der Waals surface area contributed by atoms with E-state index in [9.17, 15) is 4.79 Å². The zero-order valence-corrected chi connectivity index (χ0v) is 12.3. The lowest BCUT2D eigenvalue weighted by Crippen LogP contribution is -2.41. The molecule has 5 heteroatoms. The van der Waals surface area contributed by atoms with Crippen LogP contribution in [0.15, 0.2) is 15.9 Å². The van der Waals surface area contributed by atoms with Crippen LogP contribution in [0.25, 0.3) is 0 Å². The maximum atomic E-state index is 12.2. The minimum Gasteiger partial charge on any atom is -0.351 e. The summed E-state index contributed by atoms with van der Waals surface area (Å²) < 4.78 is 1.08. The molecule has 1 unspecified atom stereocenters. The van der Waals surface area contributed by atoms with Gasteiger partial charge in [-0.2, -0.15) is 0 Å². The summed E-state index contributed by atoms with van der Waals surface area (Å²) in [6, 6.07) is 2.05. The van der Waals surface area contributed by atoms with Gasteiger partial charge in [-0.3, -0.25) is 4.79 Å². The van der Waals surface area contributed by atoms with Crippen LogP contribution in [-0.4, -0.2) is 19.0 Å². The van der Waals surface area contributed by atoms with E-state index in [1.54, 1.807) is 11.3 Å². The largest absolute Gasteiger partial charge is 0.351 e. The van der Waals surface area contributed by atoms with Gasteiger partial charge in [0.2, 0.25) is 5.91 Å². The molecule has 1 aromatic heterocycles. The Labute approximate surface area is 114 Å². The topological polar surface area (TPSA) is 41.1 Å². The van der Waals surface area contributed by atoms with Crippen molar-refractivity contribution in [2.24, 2.45) is 5.41 Å². The number of amides is 1. The van der Waals surface area contributed by atoms with Gasteiger partial charge in [0.1, 0.15) is 0 Å². The van der Waals surface area contributed by atoms with Crippen molar-refractivity contribution in [1.82, 2.24) is 10.6 Å². The Morgan fingerprint density at radius 1 is 1.71 bits per heavy atom. The molecule has 2 heterocycles. The Morgan fingerprint density at radius 2 is 2.53 bits per heavy atom. The van der Waals surface area contributed by atoms with Gasteiger partial charge < -0.3 is 10.6 Å². The number of hydrogen-bond acceptors (Lipinski definition) is 3. The lowest BCUT2D eigenvalue weighted by Gasteiger charge is -2.25. The summed E-state index contributed by atoms with van der Waals surface area (Å²) in [7, 11) is 0. The van der Waals surface area contributed by atoms with Gasteiger partial charge >= 0.3 is 0 Å². The Kier molecular flexibility index (Phi) is 4.22. The number of nitrogens with one attached hydrogen (secondary N) is 2. The van der Waals surface area contributed by atoms with E-state index in [-0.39, 0.29) is 11.3 Å². The molecule has 3 nitrogen and oxygen atoms in total. The number of hydrogen-bond donors (Lipinski definition) is 2. The molecule has 1 aliphatic heterocycles. The van der Waals surface area contributed by atoms with E-state index in [4.69, 9.17) is 0 Å². The van der Waals surface area contributed by atoms with Gasteiger partial charge in [-0.25, -0.2) is 0 Å². The molecular formula is C12H17BrN2OS. The van der Waals surface area contributed by atoms with E-state index in [0.29, 0.717) is 6.54 Å². The van der Waals surface area contributed by atoms with Crippen LogP contribution in [0.3, 0.4) is 0 Å². The average Bonchev–Trinajstić information content (AvgIpc) is 2.95. The standard InChI is InChI=1S/C12H17BrN2OS/c1-2-12(3-4-14-8-12)11(16)15-6-10-5-9(13)7-17-10/h5,7,14H,2-4,6,8H2,1H3,(H,15,16). The van der Waals surface area contributed by atoms with Gasteiger partial charge in [0.15, 0.2) is 0 Å². The molecule has 1 amide bonds. The lowest BCUT2D eigenvalue weighted by atomic mass is 9.83. The highest BCUT2D eigenvalue weighted by molar-refractivity contribution is 9.10. The average molecular weight is 317 g/mol. The van der Waals surface area contributed by atoms with Crippen molar-refractivity contribution >= 4 is 33.2 Å². The summed E-state index contributed by atoms with van der Waals surface area (Å²) in [4.78, 5) is 13.4. The number of thiophene rings is 1. The predicted octanol–water partition coefficient (Wildman–Crippen LogP) is 2.52. The van der Waals surface area contributed by atoms with Crippen LogP contribution in [0, 0.1) is 5.41 Å². The van der Waals surface area contributed by atoms with Crippen molar-refractivity contribution in [3.05, 3.63) is 20.8 Å². The molecule has 2 rings (SSSR count). The molecule has 1 saturated heterocycles. The van der Waals surface area contributed by atoms with Crippen LogP contribution < -0.4 is 10.6 Å². The summed E-state index contributed by atoms with van der Waals surface area (Å²) in [5.74, 6) is 0.189. The molecule has 2 N–H and O–H groups in total. The normalized spacial score (nSPS) is 23.9. The molecule has 0 saturated carbocycles. The fraction of sp³-hybridized carbons (Fsp3) is 0.583. The van der Waals surface area contributed by atoms with E-state index >= 15 is 0 Å². The van der Waals surface area contributed by atoms with Crippen LogP contribution in [0.4, 0.5) is 0 Å². The summed E-state index contributed by atoms with van der Waals surface area (Å²) in [5.41, 5.74) is -0.186. The molecule has 94 valence electrons. The second-order valence-corrected chi connectivity index (χ2v) is 6.39. The number of carbonyl (C=O) groups excluding carboxylic acids is 1. The van der Waals surface area contributed by atoms with E-state index in [1.165, 1.54) is 4.88 Å². The zero-order valence-electron chi connectivity index (χ0n) is 9.88. The summed E-state index contributed by atoms with van der Waals surface area (Å²) in [5, 5.41) is 8.37. The van der Waals surface area contributed by atoms with E-state index < -0.39 is 0 Å². The van der Waals surface area contributed by atoms with Gasteiger partial charge in [-0.1, -0.05) is 6.92 Å². The van der Waals surface area contributed by atoms with Crippen LogP contribution >= 0.6 is 27.3 Å². The molecule has 1 atom stereocenters. The Balaban J connectivity index is 1.92.